The molecular weight excluding hydrogens is 358 g/mol. The van der Waals surface area contributed by atoms with Crippen molar-refractivity contribution in [1.82, 2.24) is 19.9 Å². The fraction of sp³-hybridized carbons (Fsp3) is 0.600. The van der Waals surface area contributed by atoms with Crippen LogP contribution in [0.1, 0.15) is 47.6 Å². The minimum absolute atomic E-state index is 0.0487. The Balaban J connectivity index is 1.80. The number of hydrogen-bond donors (Lipinski definition) is 0. The van der Waals surface area contributed by atoms with Gasteiger partial charge in [-0.1, -0.05) is 12.8 Å². The van der Waals surface area contributed by atoms with Crippen molar-refractivity contribution in [2.45, 2.75) is 39.5 Å². The van der Waals surface area contributed by atoms with E-state index < -0.39 is 0 Å². The van der Waals surface area contributed by atoms with Gasteiger partial charge in [-0.2, -0.15) is 11.8 Å². The van der Waals surface area contributed by atoms with Crippen molar-refractivity contribution in [2.24, 2.45) is 0 Å². The summed E-state index contributed by atoms with van der Waals surface area (Å²) in [6.45, 7) is 7.55. The summed E-state index contributed by atoms with van der Waals surface area (Å²) in [4.78, 5) is 31.4. The first-order chi connectivity index (χ1) is 13.1. The van der Waals surface area contributed by atoms with Crippen molar-refractivity contribution in [3.8, 4) is 0 Å². The highest BCUT2D eigenvalue weighted by Crippen LogP contribution is 2.29. The molecule has 4 heterocycles. The predicted molar refractivity (Wildman–Crippen MR) is 111 cm³/mol. The van der Waals surface area contributed by atoms with Crippen LogP contribution in [0.15, 0.2) is 6.07 Å². The predicted octanol–water partition coefficient (Wildman–Crippen LogP) is 3.21. The number of likely N-dealkylation sites (tertiary alicyclic amines) is 1. The van der Waals surface area contributed by atoms with Crippen molar-refractivity contribution < 1.29 is 4.79 Å². The highest BCUT2D eigenvalue weighted by atomic mass is 32.2. The smallest absolute Gasteiger partial charge is 0.291 e. The van der Waals surface area contributed by atoms with Crippen molar-refractivity contribution in [1.29, 1.82) is 0 Å². The molecule has 0 unspecified atom stereocenters. The van der Waals surface area contributed by atoms with Gasteiger partial charge in [0.1, 0.15) is 5.82 Å². The van der Waals surface area contributed by atoms with Crippen LogP contribution < -0.4 is 4.90 Å². The Morgan fingerprint density at radius 2 is 1.67 bits per heavy atom. The number of carbonyl (C=O) groups excluding carboxylic acids is 1. The molecule has 4 rings (SSSR count). The molecule has 2 aliphatic rings. The topological polar surface area (TPSA) is 62.2 Å². The maximum absolute atomic E-state index is 13.2. The third-order valence-electron chi connectivity index (χ3n) is 5.37. The summed E-state index contributed by atoms with van der Waals surface area (Å²) in [5.41, 5.74) is 2.69. The number of rotatable bonds is 2. The average molecular weight is 386 g/mol. The molecule has 27 heavy (non-hydrogen) atoms. The van der Waals surface area contributed by atoms with E-state index in [0.717, 1.165) is 73.0 Å². The number of anilines is 1. The number of aromatic nitrogens is 3. The van der Waals surface area contributed by atoms with Crippen LogP contribution in [-0.4, -0.2) is 63.4 Å². The van der Waals surface area contributed by atoms with Gasteiger partial charge in [0.2, 0.25) is 5.82 Å². The molecule has 2 saturated heterocycles. The molecule has 2 aliphatic heterocycles. The number of nitrogens with zero attached hydrogens (tertiary/aromatic N) is 5. The van der Waals surface area contributed by atoms with E-state index in [1.165, 1.54) is 12.8 Å². The average Bonchev–Trinajstić information content (AvgIpc) is 2.96. The van der Waals surface area contributed by atoms with Crippen LogP contribution in [0.5, 0.6) is 0 Å². The van der Waals surface area contributed by atoms with Crippen molar-refractivity contribution in [3.63, 3.8) is 0 Å². The zero-order valence-corrected chi connectivity index (χ0v) is 17.0. The lowest BCUT2D eigenvalue weighted by Gasteiger charge is -2.29. The second-order valence-corrected chi connectivity index (χ2v) is 8.68. The molecule has 144 valence electrons. The van der Waals surface area contributed by atoms with E-state index in [2.05, 4.69) is 27.9 Å². The highest BCUT2D eigenvalue weighted by Gasteiger charge is 2.25. The summed E-state index contributed by atoms with van der Waals surface area (Å²) in [7, 11) is 0. The van der Waals surface area contributed by atoms with E-state index >= 15 is 0 Å². The first kappa shape index (κ1) is 18.5. The summed E-state index contributed by atoms with van der Waals surface area (Å²) in [6, 6.07) is 2.07. The molecule has 0 radical (unpaired) electrons. The molecule has 0 saturated carbocycles. The minimum atomic E-state index is -0.0487. The lowest BCUT2D eigenvalue weighted by molar-refractivity contribution is 0.0750. The minimum Gasteiger partial charge on any atom is -0.354 e. The monoisotopic (exact) mass is 385 g/mol. The zero-order chi connectivity index (χ0) is 18.8. The maximum atomic E-state index is 13.2. The van der Waals surface area contributed by atoms with Gasteiger partial charge < -0.3 is 9.80 Å². The van der Waals surface area contributed by atoms with Crippen LogP contribution in [0.3, 0.4) is 0 Å². The van der Waals surface area contributed by atoms with Gasteiger partial charge in [-0.25, -0.2) is 15.0 Å². The Labute approximate surface area is 164 Å². The Hall–Kier alpha value is -1.89. The molecule has 0 atom stereocenters. The third-order valence-corrected chi connectivity index (χ3v) is 6.31. The summed E-state index contributed by atoms with van der Waals surface area (Å²) < 4.78 is 0. The largest absolute Gasteiger partial charge is 0.354 e. The fourth-order valence-electron chi connectivity index (χ4n) is 3.97. The number of hydrogen-bond acceptors (Lipinski definition) is 6. The molecule has 2 aromatic rings. The molecular formula is C20H27N5OS. The number of fused-ring (bicyclic) bond motifs is 1. The summed E-state index contributed by atoms with van der Waals surface area (Å²) in [5.74, 6) is 3.30. The van der Waals surface area contributed by atoms with Crippen molar-refractivity contribution in [3.05, 3.63) is 23.1 Å². The lowest BCUT2D eigenvalue weighted by atomic mass is 10.1. The summed E-state index contributed by atoms with van der Waals surface area (Å²) >= 11 is 1.97. The van der Waals surface area contributed by atoms with E-state index in [-0.39, 0.29) is 5.91 Å². The van der Waals surface area contributed by atoms with Gasteiger partial charge >= 0.3 is 0 Å². The number of carbonyl (C=O) groups is 1. The fourth-order valence-corrected chi connectivity index (χ4v) is 4.87. The third kappa shape index (κ3) is 3.88. The normalized spacial score (nSPS) is 18.6. The van der Waals surface area contributed by atoms with E-state index in [1.54, 1.807) is 0 Å². The first-order valence-electron chi connectivity index (χ1n) is 9.91. The molecule has 0 aliphatic carbocycles. The quantitative estimate of drug-likeness (QED) is 0.791. The molecule has 2 fully saturated rings. The molecule has 6 nitrogen and oxygen atoms in total. The lowest BCUT2D eigenvalue weighted by Crippen LogP contribution is -2.36. The van der Waals surface area contributed by atoms with Gasteiger partial charge in [0.25, 0.3) is 5.91 Å². The van der Waals surface area contributed by atoms with E-state index in [4.69, 9.17) is 4.98 Å². The van der Waals surface area contributed by atoms with Crippen LogP contribution in [0.4, 0.5) is 5.82 Å². The highest BCUT2D eigenvalue weighted by molar-refractivity contribution is 7.99. The maximum Gasteiger partial charge on any atom is 0.291 e. The number of pyridine rings is 1. The SMILES string of the molecule is Cc1cc(C)c2c(N3CCSCC3)nc(C(=O)N3CCCCCC3)nc2n1. The van der Waals surface area contributed by atoms with Crippen molar-refractivity contribution in [2.75, 3.05) is 42.6 Å². The number of thioether (sulfide) groups is 1. The van der Waals surface area contributed by atoms with Gasteiger partial charge in [-0.05, 0) is 38.3 Å². The van der Waals surface area contributed by atoms with E-state index in [1.807, 2.05) is 23.6 Å². The summed E-state index contributed by atoms with van der Waals surface area (Å²) in [6.07, 6.45) is 4.51. The Morgan fingerprint density at radius 1 is 0.963 bits per heavy atom. The molecule has 2 aromatic heterocycles. The Kier molecular flexibility index (Phi) is 5.48. The standard InChI is InChI=1S/C20H27N5OS/c1-14-13-15(2)21-17-16(14)19(24-9-11-27-12-10-24)23-18(22-17)20(26)25-7-5-3-4-6-8-25/h13H,3-12H2,1-2H3. The first-order valence-corrected chi connectivity index (χ1v) is 11.1. The number of aryl methyl sites for hydroxylation is 2. The van der Waals surface area contributed by atoms with Crippen LogP contribution in [0.25, 0.3) is 11.0 Å². The molecule has 0 aromatic carbocycles. The molecule has 0 bridgehead atoms. The Bertz CT molecular complexity index is 842. The van der Waals surface area contributed by atoms with Gasteiger partial charge in [-0.15, -0.1) is 0 Å². The van der Waals surface area contributed by atoms with Gasteiger partial charge in [-0.3, -0.25) is 4.79 Å². The van der Waals surface area contributed by atoms with E-state index in [9.17, 15) is 4.79 Å². The van der Waals surface area contributed by atoms with Crippen LogP contribution in [0, 0.1) is 13.8 Å². The van der Waals surface area contributed by atoms with Crippen LogP contribution in [-0.2, 0) is 0 Å². The Morgan fingerprint density at radius 3 is 2.37 bits per heavy atom. The molecule has 0 spiro atoms. The summed E-state index contributed by atoms with van der Waals surface area (Å²) in [5, 5.41) is 0.986. The van der Waals surface area contributed by atoms with Gasteiger partial charge in [0.15, 0.2) is 5.65 Å². The van der Waals surface area contributed by atoms with Crippen LogP contribution in [0.2, 0.25) is 0 Å². The van der Waals surface area contributed by atoms with Crippen molar-refractivity contribution >= 4 is 34.5 Å². The van der Waals surface area contributed by atoms with E-state index in [0.29, 0.717) is 11.5 Å². The van der Waals surface area contributed by atoms with Gasteiger partial charge in [0.05, 0.1) is 5.39 Å². The molecule has 7 heteroatoms. The molecule has 0 N–H and O–H groups in total. The van der Waals surface area contributed by atoms with Crippen LogP contribution >= 0.6 is 11.8 Å². The second-order valence-electron chi connectivity index (χ2n) is 7.46. The van der Waals surface area contributed by atoms with Gasteiger partial charge in [0, 0.05) is 43.4 Å². The number of amides is 1. The molecule has 1 amide bonds. The zero-order valence-electron chi connectivity index (χ0n) is 16.2. The second kappa shape index (κ2) is 8.00.